The Labute approximate surface area is 120 Å². The van der Waals surface area contributed by atoms with E-state index in [9.17, 15) is 4.39 Å². The van der Waals surface area contributed by atoms with Crippen molar-refractivity contribution < 1.29 is 4.39 Å². The summed E-state index contributed by atoms with van der Waals surface area (Å²) >= 11 is 0. The SMILES string of the molecule is CCCc1[nH]c2cc(C)ccc2c1C1CCCCC1F. The second-order valence-corrected chi connectivity index (χ2v) is 6.22. The Hall–Kier alpha value is -1.31. The molecule has 2 atom stereocenters. The molecule has 2 heteroatoms. The Bertz CT molecular complexity index is 599. The first-order chi connectivity index (χ1) is 9.70. The number of benzene rings is 1. The van der Waals surface area contributed by atoms with Crippen LogP contribution in [0.3, 0.4) is 0 Å². The van der Waals surface area contributed by atoms with Crippen molar-refractivity contribution in [3.05, 3.63) is 35.0 Å². The molecule has 3 rings (SSSR count). The molecule has 1 aliphatic rings. The molecule has 108 valence electrons. The van der Waals surface area contributed by atoms with Crippen LogP contribution in [0.15, 0.2) is 18.2 Å². The van der Waals surface area contributed by atoms with Crippen LogP contribution >= 0.6 is 0 Å². The Kier molecular flexibility index (Phi) is 3.82. The number of hydrogen-bond donors (Lipinski definition) is 1. The number of rotatable bonds is 3. The molecular weight excluding hydrogens is 249 g/mol. The van der Waals surface area contributed by atoms with Crippen LogP contribution in [0.25, 0.3) is 10.9 Å². The van der Waals surface area contributed by atoms with Crippen molar-refractivity contribution in [2.45, 2.75) is 64.5 Å². The fourth-order valence-electron chi connectivity index (χ4n) is 3.67. The molecule has 0 saturated heterocycles. The minimum Gasteiger partial charge on any atom is -0.358 e. The van der Waals surface area contributed by atoms with Crippen molar-refractivity contribution in [3.8, 4) is 0 Å². The van der Waals surface area contributed by atoms with Gasteiger partial charge >= 0.3 is 0 Å². The lowest BCUT2D eigenvalue weighted by Crippen LogP contribution is -2.19. The van der Waals surface area contributed by atoms with Crippen LogP contribution in [0.2, 0.25) is 0 Å². The molecule has 1 saturated carbocycles. The predicted octanol–water partition coefficient (Wildman–Crippen LogP) is 5.42. The van der Waals surface area contributed by atoms with Crippen molar-refractivity contribution in [1.82, 2.24) is 4.98 Å². The van der Waals surface area contributed by atoms with Gasteiger partial charge in [0.15, 0.2) is 0 Å². The third-order valence-electron chi connectivity index (χ3n) is 4.63. The molecule has 1 aromatic heterocycles. The number of aryl methyl sites for hydroxylation is 2. The normalized spacial score (nSPS) is 23.4. The standard InChI is InChI=1S/C18H24FN/c1-3-6-16-18(13-7-4-5-8-15(13)19)14-10-9-12(2)11-17(14)20-16/h9-11,13,15,20H,3-8H2,1-2H3. The number of aromatic amines is 1. The summed E-state index contributed by atoms with van der Waals surface area (Å²) in [4.78, 5) is 3.56. The van der Waals surface area contributed by atoms with Gasteiger partial charge in [0.05, 0.1) is 0 Å². The monoisotopic (exact) mass is 273 g/mol. The molecule has 1 nitrogen and oxygen atoms in total. The Morgan fingerprint density at radius 1 is 1.25 bits per heavy atom. The Balaban J connectivity index is 2.12. The summed E-state index contributed by atoms with van der Waals surface area (Å²) in [7, 11) is 0. The lowest BCUT2D eigenvalue weighted by molar-refractivity contribution is 0.216. The number of nitrogens with one attached hydrogen (secondary N) is 1. The molecule has 1 aromatic carbocycles. The highest BCUT2D eigenvalue weighted by Crippen LogP contribution is 2.40. The summed E-state index contributed by atoms with van der Waals surface area (Å²) in [5.74, 6) is 0.0988. The highest BCUT2D eigenvalue weighted by atomic mass is 19.1. The molecule has 0 radical (unpaired) electrons. The topological polar surface area (TPSA) is 15.8 Å². The van der Waals surface area contributed by atoms with Crippen LogP contribution in [-0.2, 0) is 6.42 Å². The van der Waals surface area contributed by atoms with Crippen molar-refractivity contribution in [2.24, 2.45) is 0 Å². The molecule has 0 spiro atoms. The molecular formula is C18H24FN. The van der Waals surface area contributed by atoms with Gasteiger partial charge < -0.3 is 4.98 Å². The van der Waals surface area contributed by atoms with Crippen molar-refractivity contribution >= 4 is 10.9 Å². The van der Waals surface area contributed by atoms with Crippen molar-refractivity contribution in [1.29, 1.82) is 0 Å². The average molecular weight is 273 g/mol. The zero-order chi connectivity index (χ0) is 14.1. The maximum absolute atomic E-state index is 14.4. The summed E-state index contributed by atoms with van der Waals surface area (Å²) < 4.78 is 14.4. The minimum atomic E-state index is -0.667. The van der Waals surface area contributed by atoms with Gasteiger partial charge in [0.25, 0.3) is 0 Å². The Morgan fingerprint density at radius 3 is 2.80 bits per heavy atom. The lowest BCUT2D eigenvalue weighted by atomic mass is 9.81. The first-order valence-electron chi connectivity index (χ1n) is 7.96. The van der Waals surface area contributed by atoms with Gasteiger partial charge in [-0.2, -0.15) is 0 Å². The highest BCUT2D eigenvalue weighted by molar-refractivity contribution is 5.86. The molecule has 0 aliphatic heterocycles. The van der Waals surface area contributed by atoms with E-state index < -0.39 is 6.17 Å². The number of halogens is 1. The molecule has 2 aromatic rings. The fourth-order valence-corrected chi connectivity index (χ4v) is 3.67. The van der Waals surface area contributed by atoms with Gasteiger partial charge in [-0.05, 0) is 43.4 Å². The van der Waals surface area contributed by atoms with Crippen LogP contribution in [0.4, 0.5) is 4.39 Å². The molecule has 1 aliphatic carbocycles. The summed E-state index contributed by atoms with van der Waals surface area (Å²) in [6.45, 7) is 4.30. The quantitative estimate of drug-likeness (QED) is 0.768. The van der Waals surface area contributed by atoms with E-state index in [1.807, 2.05) is 0 Å². The minimum absolute atomic E-state index is 0.0988. The van der Waals surface area contributed by atoms with E-state index in [1.54, 1.807) is 0 Å². The molecule has 0 bridgehead atoms. The van der Waals surface area contributed by atoms with E-state index in [2.05, 4.69) is 37.0 Å². The van der Waals surface area contributed by atoms with Gasteiger partial charge in [0, 0.05) is 22.5 Å². The van der Waals surface area contributed by atoms with Gasteiger partial charge in [-0.15, -0.1) is 0 Å². The third-order valence-corrected chi connectivity index (χ3v) is 4.63. The molecule has 1 N–H and O–H groups in total. The first kappa shape index (κ1) is 13.7. The van der Waals surface area contributed by atoms with Gasteiger partial charge in [-0.3, -0.25) is 0 Å². The number of H-pyrrole nitrogens is 1. The van der Waals surface area contributed by atoms with Crippen LogP contribution in [0, 0.1) is 6.92 Å². The zero-order valence-corrected chi connectivity index (χ0v) is 12.5. The zero-order valence-electron chi connectivity index (χ0n) is 12.5. The summed E-state index contributed by atoms with van der Waals surface area (Å²) in [5.41, 5.74) is 4.98. The van der Waals surface area contributed by atoms with Crippen LogP contribution in [0.5, 0.6) is 0 Å². The molecule has 0 amide bonds. The summed E-state index contributed by atoms with van der Waals surface area (Å²) in [5, 5.41) is 1.24. The van der Waals surface area contributed by atoms with Gasteiger partial charge in [0.1, 0.15) is 6.17 Å². The van der Waals surface area contributed by atoms with E-state index >= 15 is 0 Å². The first-order valence-corrected chi connectivity index (χ1v) is 7.96. The number of fused-ring (bicyclic) bond motifs is 1. The number of aromatic nitrogens is 1. The lowest BCUT2D eigenvalue weighted by Gasteiger charge is -2.27. The predicted molar refractivity (Wildman–Crippen MR) is 83.1 cm³/mol. The molecule has 1 fully saturated rings. The van der Waals surface area contributed by atoms with Gasteiger partial charge in [0.2, 0.25) is 0 Å². The molecule has 1 heterocycles. The van der Waals surface area contributed by atoms with E-state index in [-0.39, 0.29) is 5.92 Å². The van der Waals surface area contributed by atoms with Crippen LogP contribution in [-0.4, -0.2) is 11.2 Å². The molecule has 20 heavy (non-hydrogen) atoms. The summed E-state index contributed by atoms with van der Waals surface area (Å²) in [6.07, 6.45) is 5.39. The number of alkyl halides is 1. The van der Waals surface area contributed by atoms with E-state index in [0.29, 0.717) is 0 Å². The number of hydrogen-bond acceptors (Lipinski definition) is 0. The smallest absolute Gasteiger partial charge is 0.107 e. The second kappa shape index (κ2) is 5.59. The third kappa shape index (κ3) is 2.36. The van der Waals surface area contributed by atoms with E-state index in [4.69, 9.17) is 0 Å². The average Bonchev–Trinajstić information content (AvgIpc) is 2.77. The second-order valence-electron chi connectivity index (χ2n) is 6.22. The van der Waals surface area contributed by atoms with E-state index in [1.165, 1.54) is 27.7 Å². The maximum Gasteiger partial charge on any atom is 0.107 e. The Morgan fingerprint density at radius 2 is 2.05 bits per heavy atom. The highest BCUT2D eigenvalue weighted by Gasteiger charge is 2.30. The molecule has 2 unspecified atom stereocenters. The fraction of sp³-hybridized carbons (Fsp3) is 0.556. The van der Waals surface area contributed by atoms with E-state index in [0.717, 1.165) is 38.5 Å². The van der Waals surface area contributed by atoms with Gasteiger partial charge in [-0.1, -0.05) is 38.3 Å². The van der Waals surface area contributed by atoms with Crippen molar-refractivity contribution in [2.75, 3.05) is 0 Å². The van der Waals surface area contributed by atoms with Crippen LogP contribution < -0.4 is 0 Å². The van der Waals surface area contributed by atoms with Crippen molar-refractivity contribution in [3.63, 3.8) is 0 Å². The van der Waals surface area contributed by atoms with Gasteiger partial charge in [-0.25, -0.2) is 4.39 Å². The maximum atomic E-state index is 14.4. The summed E-state index contributed by atoms with van der Waals surface area (Å²) in [6, 6.07) is 6.51. The van der Waals surface area contributed by atoms with Crippen LogP contribution in [0.1, 0.15) is 61.8 Å². The largest absolute Gasteiger partial charge is 0.358 e.